The van der Waals surface area contributed by atoms with E-state index in [2.05, 4.69) is 44.8 Å². The van der Waals surface area contributed by atoms with E-state index in [1.54, 1.807) is 0 Å². The van der Waals surface area contributed by atoms with Crippen LogP contribution in [0.1, 0.15) is 46.0 Å². The number of halogens is 3. The lowest BCUT2D eigenvalue weighted by atomic mass is 9.72. The standard InChI is InChI=1S/C14H20Br2N2.ClH/c1-14(18,9-5-3-2-4-6-9)11-7-10(15)8-12(16)13(11)17;/h7-9H,2-6,17-18H2,1H3;1H. The van der Waals surface area contributed by atoms with Crippen molar-refractivity contribution in [1.29, 1.82) is 0 Å². The van der Waals surface area contributed by atoms with E-state index in [0.717, 1.165) is 20.2 Å². The molecule has 1 aliphatic carbocycles. The normalized spacial score (nSPS) is 19.6. The molecule has 0 aliphatic heterocycles. The average molecular weight is 413 g/mol. The molecule has 4 N–H and O–H groups in total. The maximum Gasteiger partial charge on any atom is 1.00 e. The van der Waals surface area contributed by atoms with E-state index < -0.39 is 0 Å². The molecule has 1 aromatic carbocycles. The quantitative estimate of drug-likeness (QED) is 0.726. The maximum absolute atomic E-state index is 6.63. The third-order valence-electron chi connectivity index (χ3n) is 4.13. The summed E-state index contributed by atoms with van der Waals surface area (Å²) in [6, 6.07) is 4.03. The van der Waals surface area contributed by atoms with Crippen LogP contribution >= 0.6 is 31.9 Å². The molecule has 0 heterocycles. The second kappa shape index (κ2) is 6.79. The Morgan fingerprint density at radius 1 is 1.21 bits per heavy atom. The Kier molecular flexibility index (Phi) is 6.18. The summed E-state index contributed by atoms with van der Waals surface area (Å²) in [6.07, 6.45) is 6.32. The van der Waals surface area contributed by atoms with Crippen molar-refractivity contribution >= 4 is 37.5 Å². The topological polar surface area (TPSA) is 52.0 Å². The lowest BCUT2D eigenvalue weighted by Crippen LogP contribution is -3.00. The molecule has 0 spiro atoms. The van der Waals surface area contributed by atoms with E-state index in [4.69, 9.17) is 11.5 Å². The molecule has 2 rings (SSSR count). The number of hydrogen-bond donors (Lipinski definition) is 2. The summed E-state index contributed by atoms with van der Waals surface area (Å²) in [5.74, 6) is 0.523. The van der Waals surface area contributed by atoms with Crippen molar-refractivity contribution < 1.29 is 13.8 Å². The van der Waals surface area contributed by atoms with Gasteiger partial charge in [0.1, 0.15) is 0 Å². The van der Waals surface area contributed by atoms with Gasteiger partial charge in [-0.1, -0.05) is 35.2 Å². The van der Waals surface area contributed by atoms with Crippen molar-refractivity contribution in [1.82, 2.24) is 0 Å². The first kappa shape index (κ1) is 17.3. The maximum atomic E-state index is 6.63. The summed E-state index contributed by atoms with van der Waals surface area (Å²) in [5.41, 5.74) is 14.3. The third kappa shape index (κ3) is 3.66. The third-order valence-corrected chi connectivity index (χ3v) is 5.24. The Labute approximate surface area is 139 Å². The minimum Gasteiger partial charge on any atom is -1.00 e. The van der Waals surface area contributed by atoms with Gasteiger partial charge in [0.05, 0.1) is 5.69 Å². The Bertz CT molecular complexity index is 449. The summed E-state index contributed by atoms with van der Waals surface area (Å²) >= 11 is 7.03. The molecule has 2 nitrogen and oxygen atoms in total. The van der Waals surface area contributed by atoms with E-state index in [1.807, 2.05) is 6.07 Å². The van der Waals surface area contributed by atoms with Crippen LogP contribution in [0.25, 0.3) is 0 Å². The highest BCUT2D eigenvalue weighted by atomic mass is 79.9. The van der Waals surface area contributed by atoms with Gasteiger partial charge in [-0.15, -0.1) is 0 Å². The Morgan fingerprint density at radius 2 is 1.79 bits per heavy atom. The lowest BCUT2D eigenvalue weighted by molar-refractivity contribution is -0.00000389. The van der Waals surface area contributed by atoms with Gasteiger partial charge in [-0.25, -0.2) is 0 Å². The van der Waals surface area contributed by atoms with Crippen LogP contribution in [0.4, 0.5) is 5.69 Å². The molecule has 1 unspecified atom stereocenters. The first-order chi connectivity index (χ1) is 8.43. The highest BCUT2D eigenvalue weighted by molar-refractivity contribution is 9.11. The second-order valence-corrected chi connectivity index (χ2v) is 7.24. The zero-order valence-corrected chi connectivity index (χ0v) is 15.0. The smallest absolute Gasteiger partial charge is 1.00 e. The number of hydrogen-bond acceptors (Lipinski definition) is 2. The highest BCUT2D eigenvalue weighted by Gasteiger charge is 2.34. The van der Waals surface area contributed by atoms with Crippen LogP contribution < -0.4 is 23.9 Å². The van der Waals surface area contributed by atoms with Gasteiger partial charge in [0.25, 0.3) is 0 Å². The molecule has 0 saturated heterocycles. The summed E-state index contributed by atoms with van der Waals surface area (Å²) in [5, 5.41) is 0. The van der Waals surface area contributed by atoms with E-state index >= 15 is 0 Å². The van der Waals surface area contributed by atoms with Gasteiger partial charge in [-0.05, 0) is 59.3 Å². The fourth-order valence-electron chi connectivity index (χ4n) is 2.95. The Balaban J connectivity index is 0.00000180. The zero-order chi connectivity index (χ0) is 13.3. The van der Waals surface area contributed by atoms with Crippen molar-refractivity contribution in [3.8, 4) is 0 Å². The Hall–Kier alpha value is 0.230. The van der Waals surface area contributed by atoms with Crippen molar-refractivity contribution in [3.05, 3.63) is 26.6 Å². The van der Waals surface area contributed by atoms with Gasteiger partial charge in [0.2, 0.25) is 0 Å². The van der Waals surface area contributed by atoms with E-state index in [0.29, 0.717) is 5.92 Å². The van der Waals surface area contributed by atoms with Gasteiger partial charge < -0.3 is 23.9 Å². The first-order valence-corrected chi connectivity index (χ1v) is 8.05. The number of nitrogen functional groups attached to an aromatic ring is 1. The zero-order valence-electron chi connectivity index (χ0n) is 12.1. The number of anilines is 1. The molecular formula is C14H21Br2ClN2. The molecule has 5 heteroatoms. The second-order valence-electron chi connectivity index (χ2n) is 5.47. The summed E-state index contributed by atoms with van der Waals surface area (Å²) in [4.78, 5) is 0. The van der Waals surface area contributed by atoms with Gasteiger partial charge >= 0.3 is 1.43 Å². The van der Waals surface area contributed by atoms with Crippen LogP contribution in [-0.4, -0.2) is 0 Å². The molecule has 1 atom stereocenters. The number of benzene rings is 1. The summed E-state index contributed by atoms with van der Waals surface area (Å²) in [6.45, 7) is 2.12. The van der Waals surface area contributed by atoms with Crippen LogP contribution in [0.5, 0.6) is 0 Å². The molecule has 1 aliphatic rings. The molecule has 19 heavy (non-hydrogen) atoms. The van der Waals surface area contributed by atoms with Crippen LogP contribution in [0.3, 0.4) is 0 Å². The minimum absolute atomic E-state index is 0. The van der Waals surface area contributed by atoms with Crippen LogP contribution in [-0.2, 0) is 5.54 Å². The van der Waals surface area contributed by atoms with Crippen molar-refractivity contribution in [2.75, 3.05) is 5.73 Å². The van der Waals surface area contributed by atoms with Crippen molar-refractivity contribution in [2.45, 2.75) is 44.6 Å². The average Bonchev–Trinajstić information content (AvgIpc) is 2.34. The van der Waals surface area contributed by atoms with Crippen molar-refractivity contribution in [2.24, 2.45) is 11.7 Å². The van der Waals surface area contributed by atoms with Crippen molar-refractivity contribution in [3.63, 3.8) is 0 Å². The van der Waals surface area contributed by atoms with E-state index in [1.165, 1.54) is 32.1 Å². The molecule has 1 fully saturated rings. The predicted molar refractivity (Wildman–Crippen MR) is 85.5 cm³/mol. The van der Waals surface area contributed by atoms with Crippen LogP contribution in [0, 0.1) is 5.92 Å². The molecule has 0 amide bonds. The first-order valence-electron chi connectivity index (χ1n) is 6.47. The molecule has 1 saturated carbocycles. The lowest BCUT2D eigenvalue weighted by Gasteiger charge is -2.38. The van der Waals surface area contributed by atoms with Gasteiger partial charge in [0, 0.05) is 14.5 Å². The van der Waals surface area contributed by atoms with Crippen LogP contribution in [0.2, 0.25) is 0 Å². The molecule has 1 aromatic rings. The van der Waals surface area contributed by atoms with E-state index in [-0.39, 0.29) is 19.4 Å². The highest BCUT2D eigenvalue weighted by Crippen LogP contribution is 2.42. The monoisotopic (exact) mass is 410 g/mol. The fourth-order valence-corrected chi connectivity index (χ4v) is 4.18. The molecular weight excluding hydrogens is 391 g/mol. The Morgan fingerprint density at radius 3 is 2.37 bits per heavy atom. The van der Waals surface area contributed by atoms with Gasteiger partial charge in [-0.2, -0.15) is 0 Å². The molecule has 0 aromatic heterocycles. The number of nitrogens with two attached hydrogens (primary N) is 2. The molecule has 108 valence electrons. The summed E-state index contributed by atoms with van der Waals surface area (Å²) < 4.78 is 1.94. The van der Waals surface area contributed by atoms with E-state index in [9.17, 15) is 0 Å². The molecule has 0 radical (unpaired) electrons. The SMILES string of the molecule is CC(N)(c1cc(Br)cc(Br)c1N)C1CCCCC1.[Cl-].[H+]. The van der Waals surface area contributed by atoms with Gasteiger partial charge in [-0.3, -0.25) is 0 Å². The van der Waals surface area contributed by atoms with Gasteiger partial charge in [0.15, 0.2) is 0 Å². The summed E-state index contributed by atoms with van der Waals surface area (Å²) in [7, 11) is 0. The minimum atomic E-state index is -0.350. The van der Waals surface area contributed by atoms with Crippen LogP contribution in [0.15, 0.2) is 21.1 Å². The molecule has 0 bridgehead atoms. The number of rotatable bonds is 2. The predicted octanol–water partition coefficient (Wildman–Crippen LogP) is 1.66. The largest absolute Gasteiger partial charge is 1.00 e. The fraction of sp³-hybridized carbons (Fsp3) is 0.571.